The first kappa shape index (κ1) is 11.3. The molecule has 0 amide bonds. The number of nitrogens with zero attached hydrogens (tertiary/aromatic N) is 1. The molecule has 0 rings (SSSR count). The van der Waals surface area contributed by atoms with E-state index in [1.807, 2.05) is 0 Å². The van der Waals surface area contributed by atoms with Crippen LogP contribution in [0, 0.1) is 5.92 Å². The topological polar surface area (TPSA) is 3.24 Å². The Labute approximate surface area is 76.6 Å². The zero-order valence-electron chi connectivity index (χ0n) is 8.17. The highest BCUT2D eigenvalue weighted by Crippen LogP contribution is 2.03. The van der Waals surface area contributed by atoms with Gasteiger partial charge in [-0.15, -0.1) is 0 Å². The summed E-state index contributed by atoms with van der Waals surface area (Å²) in [4.78, 5) is 2.47. The van der Waals surface area contributed by atoms with E-state index < -0.39 is 0 Å². The Morgan fingerprint density at radius 2 is 1.73 bits per heavy atom. The predicted octanol–water partition coefficient (Wildman–Crippen LogP) is 2.28. The van der Waals surface area contributed by atoms with Crippen molar-refractivity contribution in [1.29, 1.82) is 0 Å². The van der Waals surface area contributed by atoms with Crippen LogP contribution in [-0.4, -0.2) is 29.8 Å². The van der Waals surface area contributed by atoms with Gasteiger partial charge in [0, 0.05) is 24.9 Å². The maximum atomic E-state index is 4.24. The molecule has 0 saturated heterocycles. The van der Waals surface area contributed by atoms with Crippen LogP contribution in [0.15, 0.2) is 0 Å². The summed E-state index contributed by atoms with van der Waals surface area (Å²) in [6.45, 7) is 11.3. The monoisotopic (exact) mass is 175 g/mol. The average molecular weight is 175 g/mol. The van der Waals surface area contributed by atoms with Gasteiger partial charge in [0.05, 0.1) is 0 Å². The van der Waals surface area contributed by atoms with Crippen molar-refractivity contribution in [3.8, 4) is 0 Å². The van der Waals surface area contributed by atoms with Crippen molar-refractivity contribution in [3.05, 3.63) is 0 Å². The Bertz CT molecular complexity index is 91.6. The molecule has 0 aliphatic rings. The maximum Gasteiger partial charge on any atom is 0.00726 e. The number of rotatable bonds is 5. The molecule has 2 heteroatoms. The molecule has 11 heavy (non-hydrogen) atoms. The van der Waals surface area contributed by atoms with Crippen LogP contribution in [0.25, 0.3) is 0 Å². The second-order valence-corrected chi connectivity index (χ2v) is 4.15. The molecule has 0 aromatic carbocycles. The second kappa shape index (κ2) is 5.90. The van der Waals surface area contributed by atoms with Crippen LogP contribution in [0.2, 0.25) is 0 Å². The molecular formula is C9H21NS. The summed E-state index contributed by atoms with van der Waals surface area (Å²) in [6.07, 6.45) is 0. The lowest BCUT2D eigenvalue weighted by molar-refractivity contribution is 0.210. The van der Waals surface area contributed by atoms with Crippen molar-refractivity contribution in [2.45, 2.75) is 33.7 Å². The summed E-state index contributed by atoms with van der Waals surface area (Å²) in [6, 6.07) is 0.657. The van der Waals surface area contributed by atoms with Crippen molar-refractivity contribution < 1.29 is 0 Å². The third-order valence-corrected chi connectivity index (χ3v) is 1.92. The standard InChI is InChI=1S/C9H21NS/c1-8(2)7-10(5-6-11)9(3)4/h8-9,11H,5-7H2,1-4H3. The second-order valence-electron chi connectivity index (χ2n) is 3.71. The van der Waals surface area contributed by atoms with Gasteiger partial charge >= 0.3 is 0 Å². The SMILES string of the molecule is CC(C)CN(CCS)C(C)C. The van der Waals surface area contributed by atoms with Gasteiger partial charge in [0.1, 0.15) is 0 Å². The van der Waals surface area contributed by atoms with Crippen molar-refractivity contribution in [1.82, 2.24) is 4.90 Å². The van der Waals surface area contributed by atoms with Crippen LogP contribution >= 0.6 is 12.6 Å². The van der Waals surface area contributed by atoms with Crippen LogP contribution < -0.4 is 0 Å². The van der Waals surface area contributed by atoms with Crippen LogP contribution in [0.1, 0.15) is 27.7 Å². The quantitative estimate of drug-likeness (QED) is 0.627. The smallest absolute Gasteiger partial charge is 0.00726 e. The lowest BCUT2D eigenvalue weighted by Gasteiger charge is -2.27. The molecule has 0 unspecified atom stereocenters. The average Bonchev–Trinajstić information content (AvgIpc) is 1.86. The molecule has 0 spiro atoms. The zero-order chi connectivity index (χ0) is 8.85. The van der Waals surface area contributed by atoms with Crippen LogP contribution in [0.5, 0.6) is 0 Å². The molecule has 0 fully saturated rings. The lowest BCUT2D eigenvalue weighted by Crippen LogP contribution is -2.35. The minimum atomic E-state index is 0.657. The van der Waals surface area contributed by atoms with Gasteiger partial charge in [-0.2, -0.15) is 12.6 Å². The molecule has 0 bridgehead atoms. The van der Waals surface area contributed by atoms with Crippen molar-refractivity contribution in [2.24, 2.45) is 5.92 Å². The van der Waals surface area contributed by atoms with Gasteiger partial charge in [-0.25, -0.2) is 0 Å². The normalized spacial score (nSPS) is 12.0. The molecule has 0 aliphatic carbocycles. The van der Waals surface area contributed by atoms with E-state index in [-0.39, 0.29) is 0 Å². The van der Waals surface area contributed by atoms with E-state index in [2.05, 4.69) is 45.2 Å². The molecule has 0 N–H and O–H groups in total. The van der Waals surface area contributed by atoms with E-state index in [0.717, 1.165) is 18.2 Å². The molecule has 0 radical (unpaired) electrons. The molecule has 68 valence electrons. The Kier molecular flexibility index (Phi) is 6.06. The van der Waals surface area contributed by atoms with Crippen LogP contribution in [0.4, 0.5) is 0 Å². The summed E-state index contributed by atoms with van der Waals surface area (Å²) < 4.78 is 0. The fourth-order valence-electron chi connectivity index (χ4n) is 1.16. The van der Waals surface area contributed by atoms with Crippen LogP contribution in [-0.2, 0) is 0 Å². The Balaban J connectivity index is 3.69. The van der Waals surface area contributed by atoms with Gasteiger partial charge in [0.25, 0.3) is 0 Å². The molecule has 1 nitrogen and oxygen atoms in total. The Hall–Kier alpha value is 0.310. The maximum absolute atomic E-state index is 4.24. The van der Waals surface area contributed by atoms with Crippen molar-refractivity contribution in [3.63, 3.8) is 0 Å². The summed E-state index contributed by atoms with van der Waals surface area (Å²) in [7, 11) is 0. The molecule has 0 heterocycles. The highest BCUT2D eigenvalue weighted by molar-refractivity contribution is 7.80. The molecule has 0 aromatic heterocycles. The van der Waals surface area contributed by atoms with E-state index in [4.69, 9.17) is 0 Å². The third kappa shape index (κ3) is 5.57. The third-order valence-electron chi connectivity index (χ3n) is 1.72. The summed E-state index contributed by atoms with van der Waals surface area (Å²) >= 11 is 4.24. The summed E-state index contributed by atoms with van der Waals surface area (Å²) in [5.74, 6) is 1.72. The zero-order valence-corrected chi connectivity index (χ0v) is 9.06. The number of hydrogen-bond acceptors (Lipinski definition) is 2. The summed E-state index contributed by atoms with van der Waals surface area (Å²) in [5, 5.41) is 0. The van der Waals surface area contributed by atoms with Gasteiger partial charge in [0.15, 0.2) is 0 Å². The van der Waals surface area contributed by atoms with Gasteiger partial charge in [-0.3, -0.25) is 4.90 Å². The van der Waals surface area contributed by atoms with E-state index >= 15 is 0 Å². The minimum absolute atomic E-state index is 0.657. The predicted molar refractivity (Wildman–Crippen MR) is 55.4 cm³/mol. The molecule has 0 atom stereocenters. The Morgan fingerprint density at radius 3 is 2.00 bits per heavy atom. The van der Waals surface area contributed by atoms with Gasteiger partial charge < -0.3 is 0 Å². The highest BCUT2D eigenvalue weighted by Gasteiger charge is 2.08. The van der Waals surface area contributed by atoms with Gasteiger partial charge in [-0.05, 0) is 19.8 Å². The molecule has 0 aliphatic heterocycles. The fraction of sp³-hybridized carbons (Fsp3) is 1.00. The first-order valence-electron chi connectivity index (χ1n) is 4.42. The fourth-order valence-corrected chi connectivity index (χ4v) is 1.41. The van der Waals surface area contributed by atoms with E-state index in [1.165, 1.54) is 6.54 Å². The van der Waals surface area contributed by atoms with Crippen molar-refractivity contribution >= 4 is 12.6 Å². The van der Waals surface area contributed by atoms with Crippen LogP contribution in [0.3, 0.4) is 0 Å². The van der Waals surface area contributed by atoms with E-state index in [0.29, 0.717) is 6.04 Å². The number of hydrogen-bond donors (Lipinski definition) is 1. The minimum Gasteiger partial charge on any atom is -0.300 e. The first-order chi connectivity index (χ1) is 5.07. The molecule has 0 saturated carbocycles. The van der Waals surface area contributed by atoms with Crippen molar-refractivity contribution in [2.75, 3.05) is 18.8 Å². The Morgan fingerprint density at radius 1 is 1.18 bits per heavy atom. The lowest BCUT2D eigenvalue weighted by atomic mass is 10.2. The largest absolute Gasteiger partial charge is 0.300 e. The first-order valence-corrected chi connectivity index (χ1v) is 5.06. The highest BCUT2D eigenvalue weighted by atomic mass is 32.1. The van der Waals surface area contributed by atoms with Gasteiger partial charge in [0.2, 0.25) is 0 Å². The summed E-state index contributed by atoms with van der Waals surface area (Å²) in [5.41, 5.74) is 0. The molecule has 0 aromatic rings. The van der Waals surface area contributed by atoms with E-state index in [1.54, 1.807) is 0 Å². The van der Waals surface area contributed by atoms with Gasteiger partial charge in [-0.1, -0.05) is 13.8 Å². The van der Waals surface area contributed by atoms with E-state index in [9.17, 15) is 0 Å². The molecular weight excluding hydrogens is 154 g/mol. The number of thiol groups is 1.